The van der Waals surface area contributed by atoms with Gasteiger partial charge in [-0.1, -0.05) is 18.5 Å². The van der Waals surface area contributed by atoms with E-state index in [-0.39, 0.29) is 0 Å². The Kier molecular flexibility index (Phi) is 5.47. The molecule has 0 aliphatic carbocycles. The number of halogens is 1. The third-order valence-electron chi connectivity index (χ3n) is 4.20. The van der Waals surface area contributed by atoms with Crippen molar-refractivity contribution in [2.24, 2.45) is 7.05 Å². The Morgan fingerprint density at radius 1 is 1.50 bits per heavy atom. The fraction of sp³-hybridized carbons (Fsp3) is 0.800. The molecule has 1 aliphatic heterocycles. The van der Waals surface area contributed by atoms with Gasteiger partial charge in [-0.25, -0.2) is 0 Å². The summed E-state index contributed by atoms with van der Waals surface area (Å²) in [5.74, 6) is 0. The Morgan fingerprint density at radius 3 is 2.75 bits per heavy atom. The molecule has 2 heterocycles. The van der Waals surface area contributed by atoms with E-state index in [1.165, 1.54) is 12.8 Å². The van der Waals surface area contributed by atoms with Crippen LogP contribution in [0.25, 0.3) is 0 Å². The number of hydrogen-bond acceptors (Lipinski definition) is 3. The maximum atomic E-state index is 6.47. The molecule has 0 aromatic carbocycles. The summed E-state index contributed by atoms with van der Waals surface area (Å²) >= 11 is 6.47. The van der Waals surface area contributed by atoms with E-state index < -0.39 is 0 Å². The van der Waals surface area contributed by atoms with Gasteiger partial charge in [-0.3, -0.25) is 9.58 Å². The van der Waals surface area contributed by atoms with Crippen molar-refractivity contribution in [3.8, 4) is 0 Å². The second-order valence-electron chi connectivity index (χ2n) is 6.00. The van der Waals surface area contributed by atoms with Gasteiger partial charge in [-0.15, -0.1) is 0 Å². The highest BCUT2D eigenvalue weighted by atomic mass is 35.5. The van der Waals surface area contributed by atoms with E-state index in [9.17, 15) is 0 Å². The van der Waals surface area contributed by atoms with Crippen LogP contribution in [0.15, 0.2) is 0 Å². The van der Waals surface area contributed by atoms with Gasteiger partial charge in [0, 0.05) is 32.2 Å². The molecule has 1 saturated heterocycles. The minimum Gasteiger partial charge on any atom is -0.313 e. The molecular formula is C15H27ClN4. The van der Waals surface area contributed by atoms with Gasteiger partial charge in [0.2, 0.25) is 0 Å². The lowest BCUT2D eigenvalue weighted by molar-refractivity contribution is 0.189. The lowest BCUT2D eigenvalue weighted by atomic mass is 10.1. The second kappa shape index (κ2) is 6.92. The van der Waals surface area contributed by atoms with E-state index in [0.717, 1.165) is 42.5 Å². The Morgan fingerprint density at radius 2 is 2.25 bits per heavy atom. The maximum Gasteiger partial charge on any atom is 0.0863 e. The molecule has 0 bridgehead atoms. The van der Waals surface area contributed by atoms with Gasteiger partial charge >= 0.3 is 0 Å². The van der Waals surface area contributed by atoms with Crippen molar-refractivity contribution in [1.82, 2.24) is 20.0 Å². The molecule has 1 atom stereocenters. The zero-order chi connectivity index (χ0) is 14.7. The van der Waals surface area contributed by atoms with Gasteiger partial charge in [-0.2, -0.15) is 5.10 Å². The van der Waals surface area contributed by atoms with Crippen molar-refractivity contribution in [3.05, 3.63) is 16.4 Å². The number of nitrogens with zero attached hydrogens (tertiary/aromatic N) is 3. The lowest BCUT2D eigenvalue weighted by Gasteiger charge is -2.29. The molecule has 1 fully saturated rings. The molecule has 1 aromatic rings. The minimum absolute atomic E-state index is 0.508. The molecule has 0 spiro atoms. The van der Waals surface area contributed by atoms with Crippen molar-refractivity contribution in [2.45, 2.75) is 58.7 Å². The maximum absolute atomic E-state index is 6.47. The molecule has 20 heavy (non-hydrogen) atoms. The largest absolute Gasteiger partial charge is 0.313 e. The highest BCUT2D eigenvalue weighted by Gasteiger charge is 2.22. The smallest absolute Gasteiger partial charge is 0.0863 e. The Balaban J connectivity index is 2.09. The van der Waals surface area contributed by atoms with Gasteiger partial charge in [0.15, 0.2) is 0 Å². The Bertz CT molecular complexity index is 435. The number of hydrogen-bond donors (Lipinski definition) is 1. The van der Waals surface area contributed by atoms with Crippen LogP contribution in [0.1, 0.15) is 45.0 Å². The van der Waals surface area contributed by atoms with Crippen LogP contribution in [0.5, 0.6) is 0 Å². The summed E-state index contributed by atoms with van der Waals surface area (Å²) in [6.45, 7) is 9.71. The first-order valence-electron chi connectivity index (χ1n) is 7.70. The van der Waals surface area contributed by atoms with Gasteiger partial charge in [0.25, 0.3) is 0 Å². The van der Waals surface area contributed by atoms with Crippen LogP contribution in [0.4, 0.5) is 0 Å². The molecule has 0 saturated carbocycles. The molecule has 1 aliphatic rings. The van der Waals surface area contributed by atoms with Crippen molar-refractivity contribution >= 4 is 11.6 Å². The highest BCUT2D eigenvalue weighted by molar-refractivity contribution is 6.31. The van der Waals surface area contributed by atoms with Crippen LogP contribution < -0.4 is 5.32 Å². The van der Waals surface area contributed by atoms with Crippen molar-refractivity contribution in [1.29, 1.82) is 0 Å². The van der Waals surface area contributed by atoms with Crippen LogP contribution in [0.3, 0.4) is 0 Å². The quantitative estimate of drug-likeness (QED) is 0.876. The fourth-order valence-corrected chi connectivity index (χ4v) is 3.19. The number of aryl methyl sites for hydroxylation is 2. The molecule has 114 valence electrons. The molecule has 1 unspecified atom stereocenters. The summed E-state index contributed by atoms with van der Waals surface area (Å²) in [6, 6.07) is 1.13. The predicted octanol–water partition coefficient (Wildman–Crippen LogP) is 2.60. The third-order valence-corrected chi connectivity index (χ3v) is 4.64. The van der Waals surface area contributed by atoms with Crippen LogP contribution >= 0.6 is 11.6 Å². The highest BCUT2D eigenvalue weighted by Crippen LogP contribution is 2.23. The van der Waals surface area contributed by atoms with Gasteiger partial charge in [0.05, 0.1) is 16.4 Å². The molecule has 0 radical (unpaired) electrons. The zero-order valence-electron chi connectivity index (χ0n) is 13.1. The van der Waals surface area contributed by atoms with Crippen molar-refractivity contribution in [3.63, 3.8) is 0 Å². The van der Waals surface area contributed by atoms with Crippen LogP contribution in [0, 0.1) is 0 Å². The fourth-order valence-electron chi connectivity index (χ4n) is 2.84. The summed E-state index contributed by atoms with van der Waals surface area (Å²) in [4.78, 5) is 2.49. The topological polar surface area (TPSA) is 33.1 Å². The first-order valence-corrected chi connectivity index (χ1v) is 8.08. The van der Waals surface area contributed by atoms with E-state index in [1.54, 1.807) is 0 Å². The molecule has 1 aromatic heterocycles. The van der Waals surface area contributed by atoms with Gasteiger partial charge in [-0.05, 0) is 39.7 Å². The number of nitrogens with one attached hydrogen (secondary N) is 1. The number of rotatable bonds is 6. The van der Waals surface area contributed by atoms with E-state index in [0.29, 0.717) is 12.1 Å². The van der Waals surface area contributed by atoms with Crippen LogP contribution in [-0.2, 0) is 20.0 Å². The minimum atomic E-state index is 0.508. The van der Waals surface area contributed by atoms with Crippen molar-refractivity contribution in [2.75, 3.05) is 13.1 Å². The normalized spacial score (nSPS) is 19.4. The summed E-state index contributed by atoms with van der Waals surface area (Å²) in [6.07, 6.45) is 3.46. The third kappa shape index (κ3) is 3.54. The average Bonchev–Trinajstić information content (AvgIpc) is 3.00. The zero-order valence-corrected chi connectivity index (χ0v) is 13.9. The van der Waals surface area contributed by atoms with Crippen LogP contribution in [0.2, 0.25) is 5.02 Å². The average molecular weight is 299 g/mol. The Hall–Kier alpha value is -0.580. The Labute approximate surface area is 127 Å². The molecule has 0 amide bonds. The standard InChI is InChI=1S/C15H27ClN4/c1-5-13-15(16)14(19(4)18-13)10-20(11(2)3)9-12-7-6-8-17-12/h11-12,17H,5-10H2,1-4H3. The summed E-state index contributed by atoms with van der Waals surface area (Å²) in [7, 11) is 1.99. The lowest BCUT2D eigenvalue weighted by Crippen LogP contribution is -2.41. The van der Waals surface area contributed by atoms with E-state index in [2.05, 4.69) is 36.1 Å². The summed E-state index contributed by atoms with van der Waals surface area (Å²) < 4.78 is 1.94. The monoisotopic (exact) mass is 298 g/mol. The molecule has 1 N–H and O–H groups in total. The predicted molar refractivity (Wildman–Crippen MR) is 84.2 cm³/mol. The molecule has 5 heteroatoms. The van der Waals surface area contributed by atoms with E-state index in [4.69, 9.17) is 11.6 Å². The van der Waals surface area contributed by atoms with E-state index in [1.807, 2.05) is 11.7 Å². The van der Waals surface area contributed by atoms with Crippen LogP contribution in [-0.4, -0.2) is 39.9 Å². The first kappa shape index (κ1) is 15.8. The molecule has 4 nitrogen and oxygen atoms in total. The SMILES string of the molecule is CCc1nn(C)c(CN(CC2CCCN2)C(C)C)c1Cl. The summed E-state index contributed by atoms with van der Waals surface area (Å²) in [5.41, 5.74) is 2.14. The van der Waals surface area contributed by atoms with Gasteiger partial charge in [0.1, 0.15) is 0 Å². The summed E-state index contributed by atoms with van der Waals surface area (Å²) in [5, 5.41) is 8.94. The molecule has 2 rings (SSSR count). The first-order chi connectivity index (χ1) is 9.52. The van der Waals surface area contributed by atoms with Crippen molar-refractivity contribution < 1.29 is 0 Å². The van der Waals surface area contributed by atoms with E-state index >= 15 is 0 Å². The van der Waals surface area contributed by atoms with Gasteiger partial charge < -0.3 is 5.32 Å². The second-order valence-corrected chi connectivity index (χ2v) is 6.38. The molecular weight excluding hydrogens is 272 g/mol. The number of aromatic nitrogens is 2.